The van der Waals surface area contributed by atoms with Gasteiger partial charge in [0.25, 0.3) is 0 Å². The molecule has 1 unspecified atom stereocenters. The normalized spacial score (nSPS) is 22.7. The van der Waals surface area contributed by atoms with Crippen molar-refractivity contribution in [2.24, 2.45) is 5.41 Å². The van der Waals surface area contributed by atoms with E-state index in [-0.39, 0.29) is 11.5 Å². The van der Waals surface area contributed by atoms with E-state index >= 15 is 0 Å². The summed E-state index contributed by atoms with van der Waals surface area (Å²) in [5.41, 5.74) is 7.66. The van der Waals surface area contributed by atoms with Gasteiger partial charge in [-0.3, -0.25) is 5.41 Å². The van der Waals surface area contributed by atoms with Crippen LogP contribution in [0.1, 0.15) is 24.1 Å². The molecule has 4 N–H and O–H groups in total. The van der Waals surface area contributed by atoms with Crippen molar-refractivity contribution < 1.29 is 0 Å². The molecule has 0 radical (unpaired) electrons. The molecule has 1 spiro atoms. The van der Waals surface area contributed by atoms with Gasteiger partial charge >= 0.3 is 0 Å². The summed E-state index contributed by atoms with van der Waals surface area (Å²) in [6.07, 6.45) is 4.10. The average Bonchev–Trinajstić information content (AvgIpc) is 3.25. The summed E-state index contributed by atoms with van der Waals surface area (Å²) in [6, 6.07) is 7.21. The van der Waals surface area contributed by atoms with Gasteiger partial charge in [-0.25, -0.2) is 9.97 Å². The highest BCUT2D eigenvalue weighted by Crippen LogP contribution is 2.37. The molecule has 2 aliphatic rings. The first kappa shape index (κ1) is 16.3. The Bertz CT molecular complexity index is 815. The quantitative estimate of drug-likeness (QED) is 0.734. The Morgan fingerprint density at radius 1 is 1.32 bits per heavy atom. The van der Waals surface area contributed by atoms with Crippen molar-refractivity contribution in [2.45, 2.75) is 12.8 Å². The minimum Gasteiger partial charge on any atom is -0.382 e. The van der Waals surface area contributed by atoms with Crippen LogP contribution in [0, 0.1) is 10.8 Å². The molecule has 2 fully saturated rings. The van der Waals surface area contributed by atoms with E-state index in [2.05, 4.69) is 20.2 Å². The molecular formula is C18H21ClN6. The molecule has 7 heteroatoms. The Morgan fingerprint density at radius 2 is 2.16 bits per heavy atom. The molecule has 1 atom stereocenters. The smallest absolute Gasteiger partial charge is 0.154 e. The summed E-state index contributed by atoms with van der Waals surface area (Å²) in [7, 11) is 0. The molecule has 2 saturated heterocycles. The third-order valence-corrected chi connectivity index (χ3v) is 5.59. The Labute approximate surface area is 151 Å². The van der Waals surface area contributed by atoms with Crippen LogP contribution in [0.4, 0.5) is 11.6 Å². The lowest BCUT2D eigenvalue weighted by Crippen LogP contribution is -2.29. The molecule has 6 nitrogen and oxygen atoms in total. The molecule has 25 heavy (non-hydrogen) atoms. The van der Waals surface area contributed by atoms with Gasteiger partial charge in [-0.1, -0.05) is 29.8 Å². The second kappa shape index (κ2) is 6.28. The van der Waals surface area contributed by atoms with Gasteiger partial charge in [-0.2, -0.15) is 0 Å². The predicted octanol–water partition coefficient (Wildman–Crippen LogP) is 2.32. The van der Waals surface area contributed by atoms with Crippen molar-refractivity contribution in [3.63, 3.8) is 0 Å². The van der Waals surface area contributed by atoms with Crippen molar-refractivity contribution in [2.75, 3.05) is 36.8 Å². The fraction of sp³-hybridized carbons (Fsp3) is 0.389. The first-order chi connectivity index (χ1) is 12.1. The molecule has 1 aromatic heterocycles. The van der Waals surface area contributed by atoms with Gasteiger partial charge in [0.15, 0.2) is 5.82 Å². The maximum absolute atomic E-state index is 8.37. The summed E-state index contributed by atoms with van der Waals surface area (Å²) >= 11 is 6.18. The molecular weight excluding hydrogens is 336 g/mol. The number of anilines is 2. The summed E-state index contributed by atoms with van der Waals surface area (Å²) in [5, 5.41) is 12.3. The van der Waals surface area contributed by atoms with Crippen LogP contribution >= 0.6 is 11.6 Å². The first-order valence-corrected chi connectivity index (χ1v) is 8.88. The highest BCUT2D eigenvalue weighted by molar-refractivity contribution is 6.35. The predicted molar refractivity (Wildman–Crippen MR) is 101 cm³/mol. The monoisotopic (exact) mass is 356 g/mol. The van der Waals surface area contributed by atoms with E-state index in [1.807, 2.05) is 12.1 Å². The molecule has 130 valence electrons. The Morgan fingerprint density at radius 3 is 2.88 bits per heavy atom. The zero-order chi connectivity index (χ0) is 17.4. The van der Waals surface area contributed by atoms with Crippen LogP contribution < -0.4 is 16.0 Å². The minimum atomic E-state index is 0.194. The van der Waals surface area contributed by atoms with Gasteiger partial charge < -0.3 is 16.0 Å². The molecule has 4 rings (SSSR count). The first-order valence-electron chi connectivity index (χ1n) is 8.50. The van der Waals surface area contributed by atoms with E-state index in [1.165, 1.54) is 12.8 Å². The highest BCUT2D eigenvalue weighted by Gasteiger charge is 2.40. The second-order valence-electron chi connectivity index (χ2n) is 6.92. The molecule has 0 saturated carbocycles. The van der Waals surface area contributed by atoms with Crippen molar-refractivity contribution in [1.29, 1.82) is 5.41 Å². The Hall–Kier alpha value is -2.18. The van der Waals surface area contributed by atoms with Gasteiger partial charge in [0.2, 0.25) is 0 Å². The number of hydrogen-bond donors (Lipinski definition) is 3. The molecule has 2 aromatic rings. The van der Waals surface area contributed by atoms with Crippen molar-refractivity contribution in [1.82, 2.24) is 15.3 Å². The zero-order valence-electron chi connectivity index (χ0n) is 13.9. The number of nitrogens with two attached hydrogens (primary N) is 1. The SMILES string of the molecule is N=C(c1ccccc1Cl)c1ncc(N2CCC3(CCNC3)C2)nc1N. The number of aromatic nitrogens is 2. The van der Waals surface area contributed by atoms with Crippen molar-refractivity contribution in [3.8, 4) is 0 Å². The number of benzene rings is 1. The van der Waals surface area contributed by atoms with E-state index in [1.54, 1.807) is 18.3 Å². The van der Waals surface area contributed by atoms with Crippen molar-refractivity contribution >= 4 is 28.9 Å². The van der Waals surface area contributed by atoms with E-state index in [0.29, 0.717) is 21.7 Å². The number of nitrogen functional groups attached to an aromatic ring is 1. The summed E-state index contributed by atoms with van der Waals surface area (Å²) in [6.45, 7) is 4.11. The van der Waals surface area contributed by atoms with Gasteiger partial charge in [-0.15, -0.1) is 0 Å². The standard InChI is InChI=1S/C18H21ClN6/c19-13-4-2-1-3-12(13)15(20)16-17(21)24-14(9-23-16)25-8-6-18(11-25)5-7-22-10-18/h1-4,9,20,22H,5-8,10-11H2,(H2,21,24). The summed E-state index contributed by atoms with van der Waals surface area (Å²) in [5.74, 6) is 1.06. The lowest BCUT2D eigenvalue weighted by Gasteiger charge is -2.23. The van der Waals surface area contributed by atoms with Crippen LogP contribution in [-0.2, 0) is 0 Å². The number of hydrogen-bond acceptors (Lipinski definition) is 6. The van der Waals surface area contributed by atoms with E-state index in [0.717, 1.165) is 32.0 Å². The van der Waals surface area contributed by atoms with E-state index in [9.17, 15) is 0 Å². The fourth-order valence-electron chi connectivity index (χ4n) is 3.80. The lowest BCUT2D eigenvalue weighted by atomic mass is 9.87. The third kappa shape index (κ3) is 2.96. The third-order valence-electron chi connectivity index (χ3n) is 5.26. The van der Waals surface area contributed by atoms with Gasteiger partial charge in [0, 0.05) is 30.6 Å². The topological polar surface area (TPSA) is 90.9 Å². The van der Waals surface area contributed by atoms with Gasteiger partial charge in [-0.05, 0) is 25.5 Å². The van der Waals surface area contributed by atoms with Crippen LogP contribution in [0.5, 0.6) is 0 Å². The van der Waals surface area contributed by atoms with Crippen LogP contribution in [0.15, 0.2) is 30.5 Å². The molecule has 1 aromatic carbocycles. The molecule has 2 aliphatic heterocycles. The molecule has 0 bridgehead atoms. The summed E-state index contributed by atoms with van der Waals surface area (Å²) in [4.78, 5) is 11.2. The Kier molecular flexibility index (Phi) is 4.09. The largest absolute Gasteiger partial charge is 0.382 e. The van der Waals surface area contributed by atoms with Crippen molar-refractivity contribution in [3.05, 3.63) is 46.7 Å². The van der Waals surface area contributed by atoms with Crippen LogP contribution in [0.2, 0.25) is 5.02 Å². The molecule has 0 aliphatic carbocycles. The number of nitrogens with one attached hydrogen (secondary N) is 2. The maximum atomic E-state index is 8.37. The van der Waals surface area contributed by atoms with Crippen LogP contribution in [-0.4, -0.2) is 41.9 Å². The lowest BCUT2D eigenvalue weighted by molar-refractivity contribution is 0.369. The second-order valence-corrected chi connectivity index (χ2v) is 7.32. The van der Waals surface area contributed by atoms with Crippen LogP contribution in [0.3, 0.4) is 0 Å². The van der Waals surface area contributed by atoms with Gasteiger partial charge in [0.1, 0.15) is 11.5 Å². The molecule has 3 heterocycles. The average molecular weight is 357 g/mol. The van der Waals surface area contributed by atoms with Gasteiger partial charge in [0.05, 0.1) is 16.9 Å². The number of rotatable bonds is 3. The number of nitrogens with zero attached hydrogens (tertiary/aromatic N) is 3. The van der Waals surface area contributed by atoms with Crippen LogP contribution in [0.25, 0.3) is 0 Å². The minimum absolute atomic E-state index is 0.194. The fourth-order valence-corrected chi connectivity index (χ4v) is 4.03. The molecule has 0 amide bonds. The maximum Gasteiger partial charge on any atom is 0.154 e. The highest BCUT2D eigenvalue weighted by atomic mass is 35.5. The summed E-state index contributed by atoms with van der Waals surface area (Å²) < 4.78 is 0. The van der Waals surface area contributed by atoms with E-state index in [4.69, 9.17) is 22.7 Å². The number of halogens is 1. The zero-order valence-corrected chi connectivity index (χ0v) is 14.7. The Balaban J connectivity index is 1.57. The van der Waals surface area contributed by atoms with E-state index < -0.39 is 0 Å².